The van der Waals surface area contributed by atoms with Crippen LogP contribution in [0.1, 0.15) is 31.2 Å². The van der Waals surface area contributed by atoms with Crippen molar-refractivity contribution in [2.75, 3.05) is 5.32 Å². The van der Waals surface area contributed by atoms with Gasteiger partial charge in [0.15, 0.2) is 0 Å². The lowest BCUT2D eigenvalue weighted by Gasteiger charge is -2.15. The molecule has 0 saturated heterocycles. The van der Waals surface area contributed by atoms with Gasteiger partial charge in [0.2, 0.25) is 11.8 Å². The number of nitrogens with two attached hydrogens (primary N) is 1. The van der Waals surface area contributed by atoms with Crippen molar-refractivity contribution < 1.29 is 14.3 Å². The van der Waals surface area contributed by atoms with E-state index in [1.807, 2.05) is 12.1 Å². The standard InChI is InChI=1S/C25H19N3O3S/c26-24(29)17-5-3-6-19(12-17)31-22-11-10-18(14-27-22)28-25(30)21-13-16-9-8-15-4-1-2-7-20(15)23(16)32-21/h1-7,10-14H,8-9H2,(H2,26,29)(H,28,30). The zero-order valence-corrected chi connectivity index (χ0v) is 17.8. The van der Waals surface area contributed by atoms with Crippen molar-refractivity contribution in [1.82, 2.24) is 4.98 Å². The maximum atomic E-state index is 12.8. The molecular weight excluding hydrogens is 422 g/mol. The highest BCUT2D eigenvalue weighted by Crippen LogP contribution is 2.39. The first-order valence-electron chi connectivity index (χ1n) is 10.1. The number of hydrogen-bond acceptors (Lipinski definition) is 5. The number of benzene rings is 2. The van der Waals surface area contributed by atoms with Gasteiger partial charge in [0.1, 0.15) is 5.75 Å². The Balaban J connectivity index is 1.29. The van der Waals surface area contributed by atoms with E-state index in [2.05, 4.69) is 28.5 Å². The molecule has 3 N–H and O–H groups in total. The topological polar surface area (TPSA) is 94.3 Å². The van der Waals surface area contributed by atoms with Gasteiger partial charge < -0.3 is 15.8 Å². The highest BCUT2D eigenvalue weighted by molar-refractivity contribution is 7.17. The zero-order valence-electron chi connectivity index (χ0n) is 17.0. The summed E-state index contributed by atoms with van der Waals surface area (Å²) in [6.07, 6.45) is 3.48. The lowest BCUT2D eigenvalue weighted by molar-refractivity contribution is 0.0997. The number of anilines is 1. The van der Waals surface area contributed by atoms with Gasteiger partial charge >= 0.3 is 0 Å². The molecule has 7 heteroatoms. The lowest BCUT2D eigenvalue weighted by atomic mass is 9.91. The molecule has 1 aliphatic carbocycles. The second-order valence-corrected chi connectivity index (χ2v) is 8.51. The van der Waals surface area contributed by atoms with E-state index in [1.165, 1.54) is 39.1 Å². The van der Waals surface area contributed by atoms with Crippen LogP contribution in [0.15, 0.2) is 72.9 Å². The van der Waals surface area contributed by atoms with Crippen molar-refractivity contribution in [2.24, 2.45) is 5.73 Å². The predicted molar refractivity (Wildman–Crippen MR) is 124 cm³/mol. The number of ether oxygens (including phenoxy) is 1. The second-order valence-electron chi connectivity index (χ2n) is 7.46. The monoisotopic (exact) mass is 441 g/mol. The minimum atomic E-state index is -0.528. The van der Waals surface area contributed by atoms with E-state index in [1.54, 1.807) is 36.4 Å². The summed E-state index contributed by atoms with van der Waals surface area (Å²) in [7, 11) is 0. The van der Waals surface area contributed by atoms with Gasteiger partial charge in [0.05, 0.1) is 16.8 Å². The molecule has 4 aromatic rings. The number of rotatable bonds is 5. The third-order valence-corrected chi connectivity index (χ3v) is 6.50. The highest BCUT2D eigenvalue weighted by Gasteiger charge is 2.21. The first kappa shape index (κ1) is 20.0. The number of pyridine rings is 1. The van der Waals surface area contributed by atoms with Gasteiger partial charge in [-0.2, -0.15) is 0 Å². The highest BCUT2D eigenvalue weighted by atomic mass is 32.1. The van der Waals surface area contributed by atoms with Gasteiger partial charge in [0, 0.05) is 16.5 Å². The number of hydrogen-bond donors (Lipinski definition) is 2. The van der Waals surface area contributed by atoms with E-state index in [0.29, 0.717) is 27.8 Å². The summed E-state index contributed by atoms with van der Waals surface area (Å²) in [6, 6.07) is 20.3. The molecule has 0 unspecified atom stereocenters. The number of thiophene rings is 1. The minimum Gasteiger partial charge on any atom is -0.439 e. The van der Waals surface area contributed by atoms with Crippen LogP contribution in [-0.4, -0.2) is 16.8 Å². The maximum Gasteiger partial charge on any atom is 0.265 e. The summed E-state index contributed by atoms with van der Waals surface area (Å²) in [4.78, 5) is 30.2. The molecule has 0 fully saturated rings. The zero-order chi connectivity index (χ0) is 22.1. The summed E-state index contributed by atoms with van der Waals surface area (Å²) >= 11 is 1.52. The van der Waals surface area contributed by atoms with Crippen LogP contribution in [0.4, 0.5) is 5.69 Å². The molecule has 0 radical (unpaired) electrons. The summed E-state index contributed by atoms with van der Waals surface area (Å²) in [6.45, 7) is 0. The lowest BCUT2D eigenvalue weighted by Crippen LogP contribution is -2.10. The third kappa shape index (κ3) is 3.98. The summed E-state index contributed by atoms with van der Waals surface area (Å²) in [5.41, 5.74) is 9.99. The van der Waals surface area contributed by atoms with Crippen LogP contribution in [0, 0.1) is 0 Å². The van der Waals surface area contributed by atoms with Crippen LogP contribution in [0.25, 0.3) is 10.4 Å². The Morgan fingerprint density at radius 2 is 1.81 bits per heavy atom. The van der Waals surface area contributed by atoms with Crippen LogP contribution < -0.4 is 15.8 Å². The molecule has 2 aromatic carbocycles. The third-order valence-electron chi connectivity index (χ3n) is 5.29. The number of aromatic nitrogens is 1. The molecule has 6 nitrogen and oxygen atoms in total. The fraction of sp³-hybridized carbons (Fsp3) is 0.0800. The molecule has 0 saturated carbocycles. The average Bonchev–Trinajstić information content (AvgIpc) is 3.26. The fourth-order valence-electron chi connectivity index (χ4n) is 3.72. The van der Waals surface area contributed by atoms with Gasteiger partial charge in [-0.05, 0) is 59.9 Å². The first-order chi connectivity index (χ1) is 15.6. The molecule has 2 aromatic heterocycles. The number of nitrogens with one attached hydrogen (secondary N) is 1. The number of primary amides is 1. The molecule has 2 heterocycles. The van der Waals surface area contributed by atoms with Crippen LogP contribution in [0.2, 0.25) is 0 Å². The molecule has 0 aliphatic heterocycles. The van der Waals surface area contributed by atoms with Crippen LogP contribution >= 0.6 is 11.3 Å². The molecule has 0 spiro atoms. The summed E-state index contributed by atoms with van der Waals surface area (Å²) in [5.74, 6) is 0.106. The van der Waals surface area contributed by atoms with E-state index in [0.717, 1.165) is 12.8 Å². The van der Waals surface area contributed by atoms with Gasteiger partial charge in [0.25, 0.3) is 5.91 Å². The average molecular weight is 442 g/mol. The molecule has 158 valence electrons. The predicted octanol–water partition coefficient (Wildman–Crippen LogP) is 5.05. The summed E-state index contributed by atoms with van der Waals surface area (Å²) < 4.78 is 5.67. The number of aryl methyl sites for hydroxylation is 2. The molecule has 32 heavy (non-hydrogen) atoms. The number of carbonyl (C=O) groups excluding carboxylic acids is 2. The Morgan fingerprint density at radius 1 is 0.969 bits per heavy atom. The van der Waals surface area contributed by atoms with E-state index < -0.39 is 5.91 Å². The number of nitrogens with zero attached hydrogens (tertiary/aromatic N) is 1. The smallest absolute Gasteiger partial charge is 0.265 e. The fourth-order valence-corrected chi connectivity index (χ4v) is 4.89. The summed E-state index contributed by atoms with van der Waals surface area (Å²) in [5, 5.41) is 2.90. The van der Waals surface area contributed by atoms with Gasteiger partial charge in [-0.1, -0.05) is 30.3 Å². The molecular formula is C25H19N3O3S. The largest absolute Gasteiger partial charge is 0.439 e. The Labute approximate surface area is 188 Å². The SMILES string of the molecule is NC(=O)c1cccc(Oc2ccc(NC(=O)c3cc4c(s3)-c3ccccc3CC4)cn2)c1. The molecule has 0 bridgehead atoms. The number of amides is 2. The van der Waals surface area contributed by atoms with Crippen LogP contribution in [0.3, 0.4) is 0 Å². The van der Waals surface area contributed by atoms with Crippen LogP contribution in [-0.2, 0) is 12.8 Å². The van der Waals surface area contributed by atoms with Gasteiger partial charge in [-0.25, -0.2) is 4.98 Å². The first-order valence-corrected chi connectivity index (χ1v) is 10.9. The van der Waals surface area contributed by atoms with Gasteiger partial charge in [-0.3, -0.25) is 9.59 Å². The molecule has 0 atom stereocenters. The van der Waals surface area contributed by atoms with Gasteiger partial charge in [-0.15, -0.1) is 11.3 Å². The molecule has 2 amide bonds. The van der Waals surface area contributed by atoms with E-state index in [9.17, 15) is 9.59 Å². The maximum absolute atomic E-state index is 12.8. The normalized spacial score (nSPS) is 11.9. The van der Waals surface area contributed by atoms with Crippen molar-refractivity contribution in [3.05, 3.63) is 94.5 Å². The minimum absolute atomic E-state index is 0.161. The Bertz CT molecular complexity index is 1330. The number of fused-ring (bicyclic) bond motifs is 3. The molecule has 5 rings (SSSR count). The van der Waals surface area contributed by atoms with Crippen LogP contribution in [0.5, 0.6) is 11.6 Å². The van der Waals surface area contributed by atoms with Crippen molar-refractivity contribution in [3.63, 3.8) is 0 Å². The Hall–Kier alpha value is -3.97. The van der Waals surface area contributed by atoms with E-state index in [-0.39, 0.29) is 5.91 Å². The Morgan fingerprint density at radius 3 is 2.62 bits per heavy atom. The van der Waals surface area contributed by atoms with E-state index >= 15 is 0 Å². The van der Waals surface area contributed by atoms with E-state index in [4.69, 9.17) is 10.5 Å². The quantitative estimate of drug-likeness (QED) is 0.453. The van der Waals surface area contributed by atoms with Crippen molar-refractivity contribution in [2.45, 2.75) is 12.8 Å². The number of carbonyl (C=O) groups is 2. The van der Waals surface area contributed by atoms with Crippen molar-refractivity contribution >= 4 is 28.8 Å². The Kier molecular flexibility index (Phi) is 5.17. The van der Waals surface area contributed by atoms with Crippen molar-refractivity contribution in [1.29, 1.82) is 0 Å². The van der Waals surface area contributed by atoms with Crippen molar-refractivity contribution in [3.8, 4) is 22.1 Å². The second kappa shape index (κ2) is 8.28. The molecule has 1 aliphatic rings.